The maximum Gasteiger partial charge on any atom is 0.240 e. The number of rotatable bonds is 8. The molecule has 0 radical (unpaired) electrons. The Kier molecular flexibility index (Phi) is 6.65. The Hall–Kier alpha value is -0.910. The molecule has 4 nitrogen and oxygen atoms in total. The zero-order valence-corrected chi connectivity index (χ0v) is 13.6. The van der Waals surface area contributed by atoms with Crippen LogP contribution in [0.4, 0.5) is 0 Å². The molecule has 0 heterocycles. The monoisotopic (exact) mass is 298 g/mol. The van der Waals surface area contributed by atoms with Crippen LogP contribution >= 0.6 is 0 Å². The highest BCUT2D eigenvalue weighted by Gasteiger charge is 2.13. The van der Waals surface area contributed by atoms with Gasteiger partial charge in [0.1, 0.15) is 0 Å². The van der Waals surface area contributed by atoms with Crippen LogP contribution in [0.3, 0.4) is 0 Å². The summed E-state index contributed by atoms with van der Waals surface area (Å²) in [6, 6.07) is 7.58. The van der Waals surface area contributed by atoms with Crippen LogP contribution in [-0.4, -0.2) is 27.5 Å². The highest BCUT2D eigenvalue weighted by Crippen LogP contribution is 2.11. The fourth-order valence-electron chi connectivity index (χ4n) is 1.70. The van der Waals surface area contributed by atoms with E-state index in [-0.39, 0.29) is 0 Å². The smallest absolute Gasteiger partial charge is 0.240 e. The van der Waals surface area contributed by atoms with Crippen LogP contribution in [0.25, 0.3) is 0 Å². The molecule has 0 aliphatic rings. The lowest BCUT2D eigenvalue weighted by Gasteiger charge is -2.10. The Morgan fingerprint density at radius 2 is 1.65 bits per heavy atom. The minimum Gasteiger partial charge on any atom is -0.314 e. The van der Waals surface area contributed by atoms with Gasteiger partial charge in [0, 0.05) is 12.6 Å². The molecule has 0 atom stereocenters. The quantitative estimate of drug-likeness (QED) is 0.773. The Labute approximate surface area is 123 Å². The lowest BCUT2D eigenvalue weighted by molar-refractivity contribution is 0.560. The second kappa shape index (κ2) is 7.76. The average molecular weight is 298 g/mol. The van der Waals surface area contributed by atoms with Gasteiger partial charge in [-0.15, -0.1) is 0 Å². The van der Waals surface area contributed by atoms with Gasteiger partial charge in [-0.1, -0.05) is 39.8 Å². The first-order valence-corrected chi connectivity index (χ1v) is 8.61. The van der Waals surface area contributed by atoms with Gasteiger partial charge < -0.3 is 5.32 Å². The maximum absolute atomic E-state index is 12.0. The maximum atomic E-state index is 12.0. The van der Waals surface area contributed by atoms with Crippen LogP contribution < -0.4 is 10.0 Å². The van der Waals surface area contributed by atoms with Crippen LogP contribution in [0.2, 0.25) is 0 Å². The van der Waals surface area contributed by atoms with Gasteiger partial charge in [0.25, 0.3) is 0 Å². The molecule has 0 aromatic heterocycles. The number of sulfonamides is 1. The second-order valence-electron chi connectivity index (χ2n) is 5.75. The fraction of sp³-hybridized carbons (Fsp3) is 0.600. The molecule has 0 saturated heterocycles. The van der Waals surface area contributed by atoms with Gasteiger partial charge in [-0.05, 0) is 36.6 Å². The van der Waals surface area contributed by atoms with Crippen molar-refractivity contribution in [3.8, 4) is 0 Å². The van der Waals surface area contributed by atoms with E-state index in [0.29, 0.717) is 23.4 Å². The fourth-order valence-corrected chi connectivity index (χ4v) is 2.91. The molecule has 0 spiro atoms. The molecule has 0 bridgehead atoms. The molecular formula is C15H26N2O2S. The van der Waals surface area contributed by atoms with Gasteiger partial charge in [0.2, 0.25) is 10.0 Å². The first-order chi connectivity index (χ1) is 9.31. The minimum atomic E-state index is -3.37. The highest BCUT2D eigenvalue weighted by molar-refractivity contribution is 7.89. The molecule has 114 valence electrons. The van der Waals surface area contributed by atoms with Gasteiger partial charge in [0.15, 0.2) is 0 Å². The van der Waals surface area contributed by atoms with Gasteiger partial charge in [-0.2, -0.15) is 0 Å². The average Bonchev–Trinajstić information content (AvgIpc) is 2.37. The van der Waals surface area contributed by atoms with E-state index in [2.05, 4.69) is 23.9 Å². The molecular weight excluding hydrogens is 272 g/mol. The molecule has 2 N–H and O–H groups in total. The molecule has 0 aliphatic carbocycles. The van der Waals surface area contributed by atoms with Crippen LogP contribution in [0.15, 0.2) is 29.2 Å². The molecule has 0 amide bonds. The summed E-state index contributed by atoms with van der Waals surface area (Å²) >= 11 is 0. The Morgan fingerprint density at radius 3 is 2.15 bits per heavy atom. The van der Waals surface area contributed by atoms with Crippen LogP contribution in [0.5, 0.6) is 0 Å². The lowest BCUT2D eigenvalue weighted by atomic mass is 10.1. The van der Waals surface area contributed by atoms with E-state index in [1.54, 1.807) is 12.1 Å². The first kappa shape index (κ1) is 17.1. The minimum absolute atomic E-state index is 0.297. The van der Waals surface area contributed by atoms with Crippen LogP contribution in [-0.2, 0) is 16.4 Å². The van der Waals surface area contributed by atoms with Crippen molar-refractivity contribution < 1.29 is 8.42 Å². The Bertz CT molecular complexity index is 493. The van der Waals surface area contributed by atoms with E-state index in [1.807, 2.05) is 26.0 Å². The highest BCUT2D eigenvalue weighted by atomic mass is 32.2. The van der Waals surface area contributed by atoms with Crippen LogP contribution in [0, 0.1) is 5.92 Å². The van der Waals surface area contributed by atoms with E-state index in [4.69, 9.17) is 0 Å². The summed E-state index contributed by atoms with van der Waals surface area (Å²) in [5.74, 6) is 0.297. The third-order valence-corrected chi connectivity index (χ3v) is 4.32. The summed E-state index contributed by atoms with van der Waals surface area (Å²) in [4.78, 5) is 0.332. The number of hydrogen-bond acceptors (Lipinski definition) is 3. The SMILES string of the molecule is CC(C)CNS(=O)(=O)c1ccc(CCNC(C)C)cc1. The van der Waals surface area contributed by atoms with E-state index < -0.39 is 10.0 Å². The van der Waals surface area contributed by atoms with E-state index >= 15 is 0 Å². The normalized spacial score (nSPS) is 12.3. The molecule has 5 heteroatoms. The largest absolute Gasteiger partial charge is 0.314 e. The topological polar surface area (TPSA) is 58.2 Å². The molecule has 1 rings (SSSR count). The molecule has 0 fully saturated rings. The predicted octanol–water partition coefficient (Wildman–Crippen LogP) is 2.16. The summed E-state index contributed by atoms with van der Waals surface area (Å²) in [7, 11) is -3.37. The van der Waals surface area contributed by atoms with Crippen molar-refractivity contribution in [2.45, 2.75) is 45.1 Å². The van der Waals surface area contributed by atoms with E-state index in [0.717, 1.165) is 18.5 Å². The van der Waals surface area contributed by atoms with Gasteiger partial charge in [-0.25, -0.2) is 13.1 Å². The zero-order valence-electron chi connectivity index (χ0n) is 12.8. The van der Waals surface area contributed by atoms with Crippen molar-refractivity contribution in [2.24, 2.45) is 5.92 Å². The zero-order chi connectivity index (χ0) is 15.2. The third kappa shape index (κ3) is 6.03. The molecule has 1 aromatic rings. The summed E-state index contributed by atoms with van der Waals surface area (Å²) in [5.41, 5.74) is 1.14. The molecule has 20 heavy (non-hydrogen) atoms. The van der Waals surface area contributed by atoms with Crippen molar-refractivity contribution in [3.63, 3.8) is 0 Å². The summed E-state index contributed by atoms with van der Waals surface area (Å²) in [6.07, 6.45) is 0.901. The van der Waals surface area contributed by atoms with E-state index in [9.17, 15) is 8.42 Å². The number of benzene rings is 1. The van der Waals surface area contributed by atoms with Crippen LogP contribution in [0.1, 0.15) is 33.3 Å². The van der Waals surface area contributed by atoms with Crippen molar-refractivity contribution in [1.29, 1.82) is 0 Å². The lowest BCUT2D eigenvalue weighted by Crippen LogP contribution is -2.27. The van der Waals surface area contributed by atoms with Crippen molar-refractivity contribution >= 4 is 10.0 Å². The Morgan fingerprint density at radius 1 is 1.05 bits per heavy atom. The van der Waals surface area contributed by atoms with E-state index in [1.165, 1.54) is 0 Å². The number of nitrogens with one attached hydrogen (secondary N) is 2. The molecule has 0 saturated carbocycles. The van der Waals surface area contributed by atoms with Crippen molar-refractivity contribution in [3.05, 3.63) is 29.8 Å². The first-order valence-electron chi connectivity index (χ1n) is 7.13. The molecule has 0 unspecified atom stereocenters. The summed E-state index contributed by atoms with van der Waals surface area (Å²) in [5, 5.41) is 3.34. The number of hydrogen-bond donors (Lipinski definition) is 2. The predicted molar refractivity (Wildman–Crippen MR) is 83.3 cm³/mol. The molecule has 0 aliphatic heterocycles. The summed E-state index contributed by atoms with van der Waals surface area (Å²) in [6.45, 7) is 9.53. The molecule has 1 aromatic carbocycles. The Balaban J connectivity index is 2.61. The van der Waals surface area contributed by atoms with Gasteiger partial charge >= 0.3 is 0 Å². The summed E-state index contributed by atoms with van der Waals surface area (Å²) < 4.78 is 26.7. The third-order valence-electron chi connectivity index (χ3n) is 2.88. The van der Waals surface area contributed by atoms with Gasteiger partial charge in [-0.3, -0.25) is 0 Å². The second-order valence-corrected chi connectivity index (χ2v) is 7.52. The van der Waals surface area contributed by atoms with Crippen molar-refractivity contribution in [1.82, 2.24) is 10.0 Å². The van der Waals surface area contributed by atoms with Crippen molar-refractivity contribution in [2.75, 3.05) is 13.1 Å². The standard InChI is InChI=1S/C15H26N2O2S/c1-12(2)11-17-20(18,19)15-7-5-14(6-8-15)9-10-16-13(3)4/h5-8,12-13,16-17H,9-11H2,1-4H3. The van der Waals surface area contributed by atoms with Gasteiger partial charge in [0.05, 0.1) is 4.90 Å².